The SMILES string of the molecule is COc1ccc(-c2ccc(CO)o2)cc1NC(=O)c1cccc(OCC(C)C)c1. The molecule has 1 aromatic heterocycles. The summed E-state index contributed by atoms with van der Waals surface area (Å²) in [5, 5.41) is 12.1. The molecule has 6 heteroatoms. The second-order valence-electron chi connectivity index (χ2n) is 7.03. The third kappa shape index (κ3) is 5.18. The van der Waals surface area contributed by atoms with Crippen molar-refractivity contribution in [3.63, 3.8) is 0 Å². The zero-order valence-electron chi connectivity index (χ0n) is 16.8. The predicted molar refractivity (Wildman–Crippen MR) is 111 cm³/mol. The Bertz CT molecular complexity index is 977. The molecule has 152 valence electrons. The Morgan fingerprint density at radius 2 is 1.97 bits per heavy atom. The van der Waals surface area contributed by atoms with Gasteiger partial charge in [-0.05, 0) is 54.4 Å². The number of anilines is 1. The molecule has 3 rings (SSSR count). The molecule has 29 heavy (non-hydrogen) atoms. The first-order valence-corrected chi connectivity index (χ1v) is 9.42. The van der Waals surface area contributed by atoms with E-state index in [-0.39, 0.29) is 12.5 Å². The molecule has 6 nitrogen and oxygen atoms in total. The number of ether oxygens (including phenoxy) is 2. The third-order valence-corrected chi connectivity index (χ3v) is 4.23. The number of nitrogens with one attached hydrogen (secondary N) is 1. The van der Waals surface area contributed by atoms with Gasteiger partial charge >= 0.3 is 0 Å². The van der Waals surface area contributed by atoms with Crippen LogP contribution in [0.15, 0.2) is 59.0 Å². The summed E-state index contributed by atoms with van der Waals surface area (Å²) in [6.07, 6.45) is 0. The van der Waals surface area contributed by atoms with Gasteiger partial charge in [-0.2, -0.15) is 0 Å². The van der Waals surface area contributed by atoms with E-state index in [1.807, 2.05) is 12.1 Å². The normalized spacial score (nSPS) is 10.8. The summed E-state index contributed by atoms with van der Waals surface area (Å²) in [5.41, 5.74) is 1.76. The van der Waals surface area contributed by atoms with Crippen molar-refractivity contribution in [3.8, 4) is 22.8 Å². The maximum atomic E-state index is 12.8. The standard InChI is InChI=1S/C23H25NO5/c1-15(2)14-28-18-6-4-5-17(11-18)23(26)24-20-12-16(7-9-22(20)27-3)21-10-8-19(13-25)29-21/h4-12,15,25H,13-14H2,1-3H3,(H,24,26). The number of hydrogen-bond donors (Lipinski definition) is 2. The van der Waals surface area contributed by atoms with Crippen molar-refractivity contribution in [2.24, 2.45) is 5.92 Å². The summed E-state index contributed by atoms with van der Waals surface area (Å²) in [6.45, 7) is 4.55. The molecule has 3 aromatic rings. The number of hydrogen-bond acceptors (Lipinski definition) is 5. The molecule has 1 heterocycles. The number of aliphatic hydroxyl groups excluding tert-OH is 1. The Balaban J connectivity index is 1.82. The average Bonchev–Trinajstić information content (AvgIpc) is 3.22. The Hall–Kier alpha value is -3.25. The van der Waals surface area contributed by atoms with Gasteiger partial charge in [0.05, 0.1) is 19.4 Å². The highest BCUT2D eigenvalue weighted by Crippen LogP contribution is 2.32. The van der Waals surface area contributed by atoms with Crippen LogP contribution in [0.4, 0.5) is 5.69 Å². The van der Waals surface area contributed by atoms with E-state index in [1.165, 1.54) is 0 Å². The number of methoxy groups -OCH3 is 1. The summed E-state index contributed by atoms with van der Waals surface area (Å²) in [5.74, 6) is 2.37. The van der Waals surface area contributed by atoms with Gasteiger partial charge in [-0.15, -0.1) is 0 Å². The molecule has 0 aliphatic heterocycles. The average molecular weight is 395 g/mol. The minimum atomic E-state index is -0.272. The van der Waals surface area contributed by atoms with Gasteiger partial charge in [-0.3, -0.25) is 4.79 Å². The maximum Gasteiger partial charge on any atom is 0.255 e. The molecule has 0 fully saturated rings. The molecule has 0 atom stereocenters. The van der Waals surface area contributed by atoms with Crippen LogP contribution in [-0.2, 0) is 6.61 Å². The van der Waals surface area contributed by atoms with Crippen molar-refractivity contribution >= 4 is 11.6 Å². The zero-order valence-corrected chi connectivity index (χ0v) is 16.8. The molecule has 0 spiro atoms. The van der Waals surface area contributed by atoms with Crippen molar-refractivity contribution in [3.05, 3.63) is 65.9 Å². The molecule has 2 aromatic carbocycles. The van der Waals surface area contributed by atoms with Gasteiger partial charge in [0.1, 0.15) is 29.6 Å². The summed E-state index contributed by atoms with van der Waals surface area (Å²) in [4.78, 5) is 12.8. The quantitative estimate of drug-likeness (QED) is 0.576. The van der Waals surface area contributed by atoms with Crippen molar-refractivity contribution < 1.29 is 23.8 Å². The Morgan fingerprint density at radius 1 is 1.14 bits per heavy atom. The first kappa shape index (κ1) is 20.5. The minimum absolute atomic E-state index is 0.172. The number of amides is 1. The first-order valence-electron chi connectivity index (χ1n) is 9.42. The van der Waals surface area contributed by atoms with Crippen molar-refractivity contribution in [2.75, 3.05) is 19.0 Å². The number of furan rings is 1. The lowest BCUT2D eigenvalue weighted by Gasteiger charge is -2.13. The Kier molecular flexibility index (Phi) is 6.57. The summed E-state index contributed by atoms with van der Waals surface area (Å²) in [7, 11) is 1.54. The smallest absolute Gasteiger partial charge is 0.255 e. The highest BCUT2D eigenvalue weighted by Gasteiger charge is 2.14. The molecule has 0 unspecified atom stereocenters. The lowest BCUT2D eigenvalue weighted by atomic mass is 10.1. The molecule has 2 N–H and O–H groups in total. The van der Waals surface area contributed by atoms with E-state index in [4.69, 9.17) is 13.9 Å². The summed E-state index contributed by atoms with van der Waals surface area (Å²) >= 11 is 0. The van der Waals surface area contributed by atoms with E-state index in [1.54, 1.807) is 49.6 Å². The topological polar surface area (TPSA) is 80.9 Å². The molecule has 0 radical (unpaired) electrons. The molecule has 0 aliphatic carbocycles. The summed E-state index contributed by atoms with van der Waals surface area (Å²) in [6, 6.07) is 15.9. The fourth-order valence-electron chi connectivity index (χ4n) is 2.76. The van der Waals surface area contributed by atoms with Crippen LogP contribution in [0, 0.1) is 5.92 Å². The van der Waals surface area contributed by atoms with E-state index in [0.717, 1.165) is 5.56 Å². The van der Waals surface area contributed by atoms with Gasteiger partial charge in [0.15, 0.2) is 0 Å². The van der Waals surface area contributed by atoms with E-state index in [0.29, 0.717) is 46.8 Å². The van der Waals surface area contributed by atoms with Crippen molar-refractivity contribution in [2.45, 2.75) is 20.5 Å². The van der Waals surface area contributed by atoms with Crippen LogP contribution in [0.5, 0.6) is 11.5 Å². The van der Waals surface area contributed by atoms with Crippen LogP contribution in [-0.4, -0.2) is 24.7 Å². The van der Waals surface area contributed by atoms with E-state index in [2.05, 4.69) is 19.2 Å². The fraction of sp³-hybridized carbons (Fsp3) is 0.261. The lowest BCUT2D eigenvalue weighted by Crippen LogP contribution is -2.13. The molecule has 1 amide bonds. The summed E-state index contributed by atoms with van der Waals surface area (Å²) < 4.78 is 16.7. The number of carbonyl (C=O) groups is 1. The van der Waals surface area contributed by atoms with Crippen LogP contribution in [0.1, 0.15) is 30.0 Å². The van der Waals surface area contributed by atoms with Crippen LogP contribution < -0.4 is 14.8 Å². The molecule has 0 aliphatic rings. The Labute approximate surface area is 170 Å². The molecule has 0 saturated carbocycles. The van der Waals surface area contributed by atoms with Crippen LogP contribution >= 0.6 is 0 Å². The molecular formula is C23H25NO5. The van der Waals surface area contributed by atoms with E-state index < -0.39 is 0 Å². The van der Waals surface area contributed by atoms with Crippen molar-refractivity contribution in [1.29, 1.82) is 0 Å². The lowest BCUT2D eigenvalue weighted by molar-refractivity contribution is 0.102. The Morgan fingerprint density at radius 3 is 2.66 bits per heavy atom. The van der Waals surface area contributed by atoms with Gasteiger partial charge < -0.3 is 24.3 Å². The number of carbonyl (C=O) groups excluding carboxylic acids is 1. The monoisotopic (exact) mass is 395 g/mol. The van der Waals surface area contributed by atoms with Gasteiger partial charge in [0, 0.05) is 11.1 Å². The minimum Gasteiger partial charge on any atom is -0.495 e. The highest BCUT2D eigenvalue weighted by atomic mass is 16.5. The van der Waals surface area contributed by atoms with Gasteiger partial charge in [-0.1, -0.05) is 19.9 Å². The zero-order chi connectivity index (χ0) is 20.8. The molecular weight excluding hydrogens is 370 g/mol. The predicted octanol–water partition coefficient (Wildman–Crippen LogP) is 4.73. The van der Waals surface area contributed by atoms with Gasteiger partial charge in [0.25, 0.3) is 5.91 Å². The maximum absolute atomic E-state index is 12.8. The van der Waals surface area contributed by atoms with Crippen molar-refractivity contribution in [1.82, 2.24) is 0 Å². The number of rotatable bonds is 8. The van der Waals surface area contributed by atoms with Crippen LogP contribution in [0.3, 0.4) is 0 Å². The third-order valence-electron chi connectivity index (χ3n) is 4.23. The number of aliphatic hydroxyl groups is 1. The fourth-order valence-corrected chi connectivity index (χ4v) is 2.76. The van der Waals surface area contributed by atoms with E-state index >= 15 is 0 Å². The van der Waals surface area contributed by atoms with E-state index in [9.17, 15) is 9.90 Å². The number of benzene rings is 2. The molecule has 0 saturated heterocycles. The van der Waals surface area contributed by atoms with Crippen LogP contribution in [0.25, 0.3) is 11.3 Å². The highest BCUT2D eigenvalue weighted by molar-refractivity contribution is 6.05. The van der Waals surface area contributed by atoms with Crippen LogP contribution in [0.2, 0.25) is 0 Å². The second kappa shape index (κ2) is 9.30. The van der Waals surface area contributed by atoms with Gasteiger partial charge in [0.2, 0.25) is 0 Å². The molecule has 0 bridgehead atoms. The second-order valence-corrected chi connectivity index (χ2v) is 7.03. The largest absolute Gasteiger partial charge is 0.495 e. The first-order chi connectivity index (χ1) is 14.0. The van der Waals surface area contributed by atoms with Gasteiger partial charge in [-0.25, -0.2) is 0 Å².